The van der Waals surface area contributed by atoms with Gasteiger partial charge in [0.15, 0.2) is 0 Å². The van der Waals surface area contributed by atoms with Crippen molar-refractivity contribution in [2.75, 3.05) is 4.90 Å². The number of anilines is 3. The van der Waals surface area contributed by atoms with Crippen LogP contribution >= 0.6 is 0 Å². The smallest absolute Gasteiger partial charge is 0.0540 e. The molecular formula is C67H59N. The second-order valence-electron chi connectivity index (χ2n) is 22.3. The Bertz CT molecular complexity index is 3340. The first-order valence-corrected chi connectivity index (χ1v) is 26.2. The summed E-state index contributed by atoms with van der Waals surface area (Å²) in [6, 6.07) is 68.4. The van der Waals surface area contributed by atoms with Crippen LogP contribution in [-0.4, -0.2) is 0 Å². The van der Waals surface area contributed by atoms with Gasteiger partial charge >= 0.3 is 0 Å². The maximum atomic E-state index is 2.65. The molecule has 8 unspecified atom stereocenters. The summed E-state index contributed by atoms with van der Waals surface area (Å²) < 4.78 is 0. The van der Waals surface area contributed by atoms with Gasteiger partial charge in [-0.2, -0.15) is 0 Å². The standard InChI is InChI=1S/C67H59N/c1-42-25-26-46-15-5-6-18-53(46)64(42)48-29-34-52(35-30-48)68(61-24-10-8-20-57(61)58-22-12-17-47-16-11-21-54(65(47)58)45-13-3-2-4-14-45)51-32-27-44(28-33-51)49-31-36-56-55-19-7-9-23-59(55)67(60(56)39-49)62-38-43-37-50-40-63(67)66(50,62)41-43/h5-12,15-36,39,42-43,45,50,62-64H,2-4,13-14,37-38,40-41H2,1H3. The van der Waals surface area contributed by atoms with Gasteiger partial charge in [-0.15, -0.1) is 0 Å². The molecule has 5 saturated carbocycles. The molecule has 0 aliphatic heterocycles. The summed E-state index contributed by atoms with van der Waals surface area (Å²) in [4.78, 5) is 2.54. The number of hydrogen-bond donors (Lipinski definition) is 0. The van der Waals surface area contributed by atoms with E-state index in [2.05, 4.69) is 200 Å². The zero-order chi connectivity index (χ0) is 44.7. The van der Waals surface area contributed by atoms with Gasteiger partial charge in [-0.05, 0) is 188 Å². The number of nitrogens with zero attached hydrogens (tertiary/aromatic N) is 1. The van der Waals surface area contributed by atoms with E-state index < -0.39 is 0 Å². The monoisotopic (exact) mass is 877 g/mol. The molecule has 5 fully saturated rings. The molecule has 2 spiro atoms. The van der Waals surface area contributed by atoms with Crippen molar-refractivity contribution in [3.8, 4) is 33.4 Å². The molecule has 1 nitrogen and oxygen atoms in total. The molecule has 2 bridgehead atoms. The van der Waals surface area contributed by atoms with Gasteiger partial charge in [0.25, 0.3) is 0 Å². The summed E-state index contributed by atoms with van der Waals surface area (Å²) in [7, 11) is 0. The molecule has 0 saturated heterocycles. The van der Waals surface area contributed by atoms with Crippen LogP contribution in [0.4, 0.5) is 17.1 Å². The molecule has 0 radical (unpaired) electrons. The average molecular weight is 878 g/mol. The maximum absolute atomic E-state index is 2.65. The van der Waals surface area contributed by atoms with Crippen molar-refractivity contribution < 1.29 is 0 Å². The molecular weight excluding hydrogens is 819 g/mol. The van der Waals surface area contributed by atoms with Gasteiger partial charge in [0.1, 0.15) is 0 Å². The zero-order valence-corrected chi connectivity index (χ0v) is 39.3. The highest BCUT2D eigenvalue weighted by Crippen LogP contribution is 2.89. The van der Waals surface area contributed by atoms with Gasteiger partial charge in [0, 0.05) is 28.3 Å². The van der Waals surface area contributed by atoms with E-state index >= 15 is 0 Å². The van der Waals surface area contributed by atoms with E-state index in [0.717, 1.165) is 23.7 Å². The predicted molar refractivity (Wildman–Crippen MR) is 283 cm³/mol. The molecule has 8 aromatic rings. The lowest BCUT2D eigenvalue weighted by Gasteiger charge is -2.76. The molecule has 8 atom stereocenters. The number of rotatable bonds is 7. The number of allylic oxidation sites excluding steroid dienone is 1. The fourth-order valence-electron chi connectivity index (χ4n) is 16.9. The van der Waals surface area contributed by atoms with Crippen LogP contribution in [0.1, 0.15) is 110 Å². The van der Waals surface area contributed by atoms with E-state index in [1.54, 1.807) is 11.1 Å². The van der Waals surface area contributed by atoms with Crippen LogP contribution in [0.25, 0.3) is 50.2 Å². The first kappa shape index (κ1) is 39.5. The molecule has 68 heavy (non-hydrogen) atoms. The SMILES string of the molecule is CC1C=Cc2ccccc2C1c1ccc(N(c2ccc(-c3ccc4c(c3)C3(c5ccccc5-4)C4CC5CC6CC3C64C5)cc2)c2ccccc2-c2cccc3cccc(C4CCCCC4)c23)cc1. The van der Waals surface area contributed by atoms with Crippen molar-refractivity contribution in [3.05, 3.63) is 215 Å². The average Bonchev–Trinajstić information content (AvgIpc) is 4.03. The third-order valence-electron chi connectivity index (χ3n) is 19.5. The lowest BCUT2D eigenvalue weighted by molar-refractivity contribution is -0.231. The Morgan fingerprint density at radius 3 is 2.04 bits per heavy atom. The van der Waals surface area contributed by atoms with Crippen molar-refractivity contribution in [1.29, 1.82) is 0 Å². The fourth-order valence-corrected chi connectivity index (χ4v) is 16.9. The van der Waals surface area contributed by atoms with Crippen LogP contribution in [0.3, 0.4) is 0 Å². The van der Waals surface area contributed by atoms with Crippen molar-refractivity contribution in [1.82, 2.24) is 0 Å². The molecule has 0 N–H and O–H groups in total. The first-order chi connectivity index (χ1) is 33.6. The van der Waals surface area contributed by atoms with Crippen LogP contribution in [0.2, 0.25) is 0 Å². The highest BCUT2D eigenvalue weighted by atomic mass is 15.1. The molecule has 0 heterocycles. The van der Waals surface area contributed by atoms with Gasteiger partial charge < -0.3 is 4.90 Å². The van der Waals surface area contributed by atoms with Crippen LogP contribution in [0, 0.1) is 35.0 Å². The van der Waals surface area contributed by atoms with E-state index in [1.807, 2.05) is 0 Å². The van der Waals surface area contributed by atoms with Gasteiger partial charge in [0.05, 0.1) is 5.69 Å². The van der Waals surface area contributed by atoms with Crippen molar-refractivity contribution in [2.45, 2.75) is 82.0 Å². The number of benzene rings is 8. The van der Waals surface area contributed by atoms with Crippen molar-refractivity contribution in [2.24, 2.45) is 35.0 Å². The Labute approximate surface area is 402 Å². The predicted octanol–water partition coefficient (Wildman–Crippen LogP) is 17.8. The maximum Gasteiger partial charge on any atom is 0.0540 e. The van der Waals surface area contributed by atoms with E-state index in [1.165, 1.54) is 141 Å². The number of para-hydroxylation sites is 1. The Balaban J connectivity index is 0.853. The largest absolute Gasteiger partial charge is 0.310 e. The topological polar surface area (TPSA) is 3.24 Å². The summed E-state index contributed by atoms with van der Waals surface area (Å²) in [5, 5.41) is 2.76. The molecule has 8 aromatic carbocycles. The van der Waals surface area contributed by atoms with Crippen LogP contribution in [0.15, 0.2) is 182 Å². The Morgan fingerprint density at radius 2 is 1.21 bits per heavy atom. The Hall–Kier alpha value is -6.44. The van der Waals surface area contributed by atoms with Gasteiger partial charge in [-0.1, -0.05) is 178 Å². The molecule has 7 aliphatic rings. The van der Waals surface area contributed by atoms with Crippen molar-refractivity contribution >= 4 is 33.9 Å². The van der Waals surface area contributed by atoms with Gasteiger partial charge in [0.2, 0.25) is 0 Å². The summed E-state index contributed by atoms with van der Waals surface area (Å²) in [6.45, 7) is 2.37. The van der Waals surface area contributed by atoms with Gasteiger partial charge in [-0.25, -0.2) is 0 Å². The molecule has 332 valence electrons. The minimum Gasteiger partial charge on any atom is -0.310 e. The first-order valence-electron chi connectivity index (χ1n) is 26.2. The second kappa shape index (κ2) is 14.8. The number of fused-ring (bicyclic) bond motifs is 10. The Kier molecular flexibility index (Phi) is 8.60. The molecule has 0 aromatic heterocycles. The zero-order valence-electron chi connectivity index (χ0n) is 39.3. The van der Waals surface area contributed by atoms with E-state index in [0.29, 0.717) is 23.2 Å². The highest BCUT2D eigenvalue weighted by Gasteiger charge is 2.84. The van der Waals surface area contributed by atoms with Gasteiger partial charge in [-0.3, -0.25) is 0 Å². The van der Waals surface area contributed by atoms with E-state index in [9.17, 15) is 0 Å². The molecule has 1 heteroatoms. The fraction of sp³-hybridized carbons (Fsp3) is 0.284. The third kappa shape index (κ3) is 5.34. The highest BCUT2D eigenvalue weighted by molar-refractivity contribution is 6.03. The number of hydrogen-bond acceptors (Lipinski definition) is 1. The second-order valence-corrected chi connectivity index (χ2v) is 22.3. The summed E-state index contributed by atoms with van der Waals surface area (Å²) in [5.41, 5.74) is 21.6. The van der Waals surface area contributed by atoms with Crippen LogP contribution < -0.4 is 4.90 Å². The third-order valence-corrected chi connectivity index (χ3v) is 19.5. The normalized spacial score (nSPS) is 27.8. The quantitative estimate of drug-likeness (QED) is 0.154. The summed E-state index contributed by atoms with van der Waals surface area (Å²) >= 11 is 0. The summed E-state index contributed by atoms with van der Waals surface area (Å²) in [5.74, 6) is 4.90. The van der Waals surface area contributed by atoms with Crippen molar-refractivity contribution in [3.63, 3.8) is 0 Å². The molecule has 15 rings (SSSR count). The Morgan fingerprint density at radius 1 is 0.529 bits per heavy atom. The molecule has 7 aliphatic carbocycles. The minimum absolute atomic E-state index is 0.201. The summed E-state index contributed by atoms with van der Waals surface area (Å²) in [6.07, 6.45) is 17.1. The van der Waals surface area contributed by atoms with E-state index in [4.69, 9.17) is 0 Å². The minimum atomic E-state index is 0.201. The van der Waals surface area contributed by atoms with E-state index in [-0.39, 0.29) is 5.41 Å². The van der Waals surface area contributed by atoms with Crippen LogP contribution in [-0.2, 0) is 5.41 Å². The molecule has 0 amide bonds. The lowest BCUT2D eigenvalue weighted by Crippen LogP contribution is -2.73. The lowest BCUT2D eigenvalue weighted by atomic mass is 9.27. The van der Waals surface area contributed by atoms with Crippen LogP contribution in [0.5, 0.6) is 0 Å².